The number of carbonyl (C=O) groups excluding carboxylic acids is 4. The zero-order valence-corrected chi connectivity index (χ0v) is 14.7. The van der Waals surface area contributed by atoms with Gasteiger partial charge in [-0.3, -0.25) is 19.2 Å². The number of esters is 2. The van der Waals surface area contributed by atoms with E-state index in [0.29, 0.717) is 5.56 Å². The molecule has 0 saturated heterocycles. The highest BCUT2D eigenvalue weighted by Gasteiger charge is 2.41. The lowest BCUT2D eigenvalue weighted by atomic mass is 9.86. The summed E-state index contributed by atoms with van der Waals surface area (Å²) in [4.78, 5) is 47.7. The van der Waals surface area contributed by atoms with Crippen LogP contribution in [0, 0.1) is 17.7 Å². The molecule has 0 bridgehead atoms. The molecule has 1 rings (SSSR count). The van der Waals surface area contributed by atoms with Crippen LogP contribution >= 0.6 is 0 Å². The van der Waals surface area contributed by atoms with Crippen LogP contribution in [0.3, 0.4) is 0 Å². The van der Waals surface area contributed by atoms with E-state index in [1.165, 1.54) is 31.2 Å². The number of nitrogens with two attached hydrogens (primary N) is 1. The third-order valence-corrected chi connectivity index (χ3v) is 3.84. The molecule has 26 heavy (non-hydrogen) atoms. The first-order valence-electron chi connectivity index (χ1n) is 7.70. The maximum absolute atomic E-state index is 13.2. The third kappa shape index (κ3) is 5.54. The molecule has 1 aromatic rings. The zero-order valence-electron chi connectivity index (χ0n) is 14.7. The number of hydrogen-bond donors (Lipinski definition) is 2. The van der Waals surface area contributed by atoms with Gasteiger partial charge in [-0.25, -0.2) is 4.39 Å². The maximum Gasteiger partial charge on any atom is 0.320 e. The van der Waals surface area contributed by atoms with E-state index in [9.17, 15) is 23.6 Å². The van der Waals surface area contributed by atoms with E-state index >= 15 is 0 Å². The SMILES string of the molecule is COC(=O)C(C(=O)OC)[C@@H](C)[C@@H](NC(=O)Cc1cccc(F)c1)C(N)=O. The summed E-state index contributed by atoms with van der Waals surface area (Å²) in [5.74, 6) is -6.39. The fourth-order valence-electron chi connectivity index (χ4n) is 2.49. The predicted octanol–water partition coefficient (Wildman–Crippen LogP) is -0.0634. The first kappa shape index (κ1) is 21.1. The van der Waals surface area contributed by atoms with Crippen molar-refractivity contribution in [3.63, 3.8) is 0 Å². The van der Waals surface area contributed by atoms with Crippen LogP contribution in [0.1, 0.15) is 12.5 Å². The van der Waals surface area contributed by atoms with E-state index in [-0.39, 0.29) is 6.42 Å². The first-order valence-corrected chi connectivity index (χ1v) is 7.70. The molecule has 0 heterocycles. The first-order chi connectivity index (χ1) is 12.2. The molecule has 9 heteroatoms. The number of methoxy groups -OCH3 is 2. The Morgan fingerprint density at radius 1 is 1.15 bits per heavy atom. The monoisotopic (exact) mass is 368 g/mol. The largest absolute Gasteiger partial charge is 0.468 e. The van der Waals surface area contributed by atoms with Gasteiger partial charge in [0.15, 0.2) is 5.92 Å². The molecule has 3 N–H and O–H groups in total. The Balaban J connectivity index is 2.95. The number of primary amides is 1. The highest BCUT2D eigenvalue weighted by molar-refractivity contribution is 5.97. The Bertz CT molecular complexity index is 678. The van der Waals surface area contributed by atoms with E-state index in [1.807, 2.05) is 0 Å². The van der Waals surface area contributed by atoms with Crippen molar-refractivity contribution >= 4 is 23.8 Å². The highest BCUT2D eigenvalue weighted by Crippen LogP contribution is 2.19. The van der Waals surface area contributed by atoms with Crippen molar-refractivity contribution in [2.45, 2.75) is 19.4 Å². The normalized spacial score (nSPS) is 12.8. The van der Waals surface area contributed by atoms with Crippen LogP contribution in [0.2, 0.25) is 0 Å². The second kappa shape index (κ2) is 9.50. The molecule has 0 fully saturated rings. The molecule has 0 aliphatic carbocycles. The van der Waals surface area contributed by atoms with Gasteiger partial charge < -0.3 is 20.5 Å². The van der Waals surface area contributed by atoms with Crippen LogP contribution < -0.4 is 11.1 Å². The number of carbonyl (C=O) groups is 4. The quantitative estimate of drug-likeness (QED) is 0.489. The lowest BCUT2D eigenvalue weighted by Crippen LogP contribution is -2.53. The van der Waals surface area contributed by atoms with Gasteiger partial charge in [0.05, 0.1) is 20.6 Å². The van der Waals surface area contributed by atoms with E-state index in [0.717, 1.165) is 14.2 Å². The molecule has 0 aliphatic heterocycles. The number of amides is 2. The van der Waals surface area contributed by atoms with Crippen LogP contribution in [0.5, 0.6) is 0 Å². The van der Waals surface area contributed by atoms with Gasteiger partial charge in [0.25, 0.3) is 0 Å². The summed E-state index contributed by atoms with van der Waals surface area (Å²) in [6.07, 6.45) is -0.213. The average molecular weight is 368 g/mol. The topological polar surface area (TPSA) is 125 Å². The molecule has 0 unspecified atom stereocenters. The summed E-state index contributed by atoms with van der Waals surface area (Å²) in [6.45, 7) is 1.39. The second-order valence-corrected chi connectivity index (χ2v) is 5.64. The molecule has 0 radical (unpaired) electrons. The molecule has 8 nitrogen and oxygen atoms in total. The summed E-state index contributed by atoms with van der Waals surface area (Å²) in [5.41, 5.74) is 5.69. The van der Waals surface area contributed by atoms with Gasteiger partial charge in [0.1, 0.15) is 11.9 Å². The molecule has 0 spiro atoms. The van der Waals surface area contributed by atoms with Crippen LogP contribution in [0.15, 0.2) is 24.3 Å². The van der Waals surface area contributed by atoms with Gasteiger partial charge in [0, 0.05) is 5.92 Å². The Morgan fingerprint density at radius 3 is 2.19 bits per heavy atom. The molecule has 2 atom stereocenters. The summed E-state index contributed by atoms with van der Waals surface area (Å²) in [6, 6.07) is 4.05. The minimum Gasteiger partial charge on any atom is -0.468 e. The summed E-state index contributed by atoms with van der Waals surface area (Å²) in [7, 11) is 2.15. The van der Waals surface area contributed by atoms with Crippen molar-refractivity contribution in [3.05, 3.63) is 35.6 Å². The van der Waals surface area contributed by atoms with Crippen molar-refractivity contribution in [1.29, 1.82) is 0 Å². The number of rotatable bonds is 8. The van der Waals surface area contributed by atoms with Gasteiger partial charge in [-0.2, -0.15) is 0 Å². The number of ether oxygens (including phenoxy) is 2. The van der Waals surface area contributed by atoms with E-state index in [1.54, 1.807) is 0 Å². The standard InChI is InChI=1S/C17H21FN2O6/c1-9(13(16(23)25-2)17(24)26-3)14(15(19)22)20-12(21)8-10-5-4-6-11(18)7-10/h4-7,9,13-14H,8H2,1-3H3,(H2,19,22)(H,20,21)/t9-,14-/m1/s1. The Kier molecular flexibility index (Phi) is 7.70. The number of halogens is 1. The fraction of sp³-hybridized carbons (Fsp3) is 0.412. The van der Waals surface area contributed by atoms with Crippen LogP contribution in [-0.4, -0.2) is 44.0 Å². The molecule has 0 aliphatic rings. The van der Waals surface area contributed by atoms with Gasteiger partial charge >= 0.3 is 11.9 Å². The van der Waals surface area contributed by atoms with Crippen LogP contribution in [0.25, 0.3) is 0 Å². The zero-order chi connectivity index (χ0) is 19.9. The highest BCUT2D eigenvalue weighted by atomic mass is 19.1. The van der Waals surface area contributed by atoms with Gasteiger partial charge in [0.2, 0.25) is 11.8 Å². The van der Waals surface area contributed by atoms with Crippen LogP contribution in [-0.2, 0) is 35.1 Å². The van der Waals surface area contributed by atoms with Crippen molar-refractivity contribution in [2.24, 2.45) is 17.6 Å². The third-order valence-electron chi connectivity index (χ3n) is 3.84. The number of nitrogens with one attached hydrogen (secondary N) is 1. The van der Waals surface area contributed by atoms with Crippen molar-refractivity contribution in [2.75, 3.05) is 14.2 Å². The van der Waals surface area contributed by atoms with E-state index in [2.05, 4.69) is 14.8 Å². The summed E-state index contributed by atoms with van der Waals surface area (Å²) < 4.78 is 22.3. The summed E-state index contributed by atoms with van der Waals surface area (Å²) in [5, 5.41) is 2.37. The Labute approximate surface area is 149 Å². The number of hydrogen-bond acceptors (Lipinski definition) is 6. The maximum atomic E-state index is 13.2. The second-order valence-electron chi connectivity index (χ2n) is 5.64. The van der Waals surface area contributed by atoms with Crippen molar-refractivity contribution < 1.29 is 33.0 Å². The Morgan fingerprint density at radius 2 is 1.73 bits per heavy atom. The lowest BCUT2D eigenvalue weighted by Gasteiger charge is -2.26. The van der Waals surface area contributed by atoms with Gasteiger partial charge in [-0.15, -0.1) is 0 Å². The van der Waals surface area contributed by atoms with Gasteiger partial charge in [-0.1, -0.05) is 19.1 Å². The molecule has 2 amide bonds. The smallest absolute Gasteiger partial charge is 0.320 e. The molecule has 1 aromatic carbocycles. The summed E-state index contributed by atoms with van der Waals surface area (Å²) >= 11 is 0. The Hall–Kier alpha value is -2.97. The number of benzene rings is 1. The lowest BCUT2D eigenvalue weighted by molar-refractivity contribution is -0.162. The van der Waals surface area contributed by atoms with Crippen molar-refractivity contribution in [1.82, 2.24) is 5.32 Å². The van der Waals surface area contributed by atoms with Crippen molar-refractivity contribution in [3.8, 4) is 0 Å². The predicted molar refractivity (Wildman–Crippen MR) is 87.9 cm³/mol. The van der Waals surface area contributed by atoms with Gasteiger partial charge in [-0.05, 0) is 17.7 Å². The molecule has 0 saturated carbocycles. The molecular formula is C17H21FN2O6. The minimum atomic E-state index is -1.45. The molecule has 142 valence electrons. The minimum absolute atomic E-state index is 0.213. The van der Waals surface area contributed by atoms with Crippen LogP contribution in [0.4, 0.5) is 4.39 Å². The fourth-order valence-corrected chi connectivity index (χ4v) is 2.49. The van der Waals surface area contributed by atoms with E-state index in [4.69, 9.17) is 5.73 Å². The molecular weight excluding hydrogens is 347 g/mol. The van der Waals surface area contributed by atoms with E-state index < -0.39 is 47.4 Å². The molecule has 0 aromatic heterocycles. The average Bonchev–Trinajstić information content (AvgIpc) is 2.58.